The minimum absolute atomic E-state index is 0.0457. The number of methoxy groups -OCH3 is 2. The van der Waals surface area contributed by atoms with Crippen LogP contribution in [0.25, 0.3) is 0 Å². The van der Waals surface area contributed by atoms with E-state index < -0.39 is 0 Å². The molecule has 3 rings (SSSR count). The standard InChI is InChI=1S/C21H25ClN2O3/c1-14(15-4-6-18(22)7-5-15)23-21(25)13-24-9-8-16-10-19(26-2)20(27-3)11-17(16)12-24/h4-7,10-11,14H,8-9,12-13H2,1-3H3,(H,23,25)/p+1/t14-/m0/s1. The molecular weight excluding hydrogens is 364 g/mol. The van der Waals surface area contributed by atoms with E-state index in [4.69, 9.17) is 21.1 Å². The fourth-order valence-electron chi connectivity index (χ4n) is 3.53. The normalized spacial score (nSPS) is 17.0. The smallest absolute Gasteiger partial charge is 0.275 e. The average molecular weight is 390 g/mol. The summed E-state index contributed by atoms with van der Waals surface area (Å²) in [6.45, 7) is 4.16. The van der Waals surface area contributed by atoms with E-state index >= 15 is 0 Å². The van der Waals surface area contributed by atoms with E-state index in [-0.39, 0.29) is 11.9 Å². The number of hydrogen-bond donors (Lipinski definition) is 2. The summed E-state index contributed by atoms with van der Waals surface area (Å²) in [5.74, 6) is 1.55. The number of nitrogens with one attached hydrogen (secondary N) is 2. The number of carbonyl (C=O) groups excluding carboxylic acids is 1. The second-order valence-corrected chi connectivity index (χ2v) is 7.36. The Morgan fingerprint density at radius 1 is 1.15 bits per heavy atom. The summed E-state index contributed by atoms with van der Waals surface area (Å²) in [6.07, 6.45) is 0.922. The Hall–Kier alpha value is -2.24. The number of quaternary nitrogens is 1. The van der Waals surface area contributed by atoms with Gasteiger partial charge in [0.05, 0.1) is 26.8 Å². The summed E-state index contributed by atoms with van der Waals surface area (Å²) in [4.78, 5) is 13.7. The maximum absolute atomic E-state index is 12.5. The molecule has 2 aromatic carbocycles. The van der Waals surface area contributed by atoms with Crippen molar-refractivity contribution in [3.63, 3.8) is 0 Å². The fourth-order valence-corrected chi connectivity index (χ4v) is 3.66. The van der Waals surface area contributed by atoms with E-state index in [2.05, 4.69) is 5.32 Å². The van der Waals surface area contributed by atoms with Crippen LogP contribution in [0.3, 0.4) is 0 Å². The quantitative estimate of drug-likeness (QED) is 0.796. The topological polar surface area (TPSA) is 52.0 Å². The molecule has 27 heavy (non-hydrogen) atoms. The van der Waals surface area contributed by atoms with Gasteiger partial charge in [-0.25, -0.2) is 0 Å². The number of benzene rings is 2. The molecule has 0 bridgehead atoms. The summed E-state index contributed by atoms with van der Waals surface area (Å²) in [6, 6.07) is 11.6. The minimum atomic E-state index is -0.0457. The lowest BCUT2D eigenvalue weighted by atomic mass is 9.98. The Bertz CT molecular complexity index is 808. The van der Waals surface area contributed by atoms with E-state index in [9.17, 15) is 4.79 Å². The second-order valence-electron chi connectivity index (χ2n) is 6.92. The van der Waals surface area contributed by atoms with Crippen molar-refractivity contribution in [3.8, 4) is 11.5 Å². The Balaban J connectivity index is 1.60. The first-order chi connectivity index (χ1) is 13.0. The van der Waals surface area contributed by atoms with Crippen molar-refractivity contribution in [2.45, 2.75) is 25.9 Å². The molecule has 2 atom stereocenters. The van der Waals surface area contributed by atoms with Crippen LogP contribution in [-0.2, 0) is 17.8 Å². The molecule has 0 radical (unpaired) electrons. The van der Waals surface area contributed by atoms with Crippen LogP contribution in [0, 0.1) is 0 Å². The largest absolute Gasteiger partial charge is 0.493 e. The van der Waals surface area contributed by atoms with E-state index in [0.717, 1.165) is 36.6 Å². The van der Waals surface area contributed by atoms with Crippen LogP contribution in [0.4, 0.5) is 0 Å². The third kappa shape index (κ3) is 4.73. The second kappa shape index (κ2) is 8.63. The van der Waals surface area contributed by atoms with Gasteiger partial charge in [0.15, 0.2) is 18.0 Å². The van der Waals surface area contributed by atoms with Gasteiger partial charge in [-0.05, 0) is 42.3 Å². The molecule has 144 valence electrons. The van der Waals surface area contributed by atoms with Gasteiger partial charge in [-0.2, -0.15) is 0 Å². The lowest BCUT2D eigenvalue weighted by molar-refractivity contribution is -0.908. The predicted octanol–water partition coefficient (Wildman–Crippen LogP) is 2.18. The van der Waals surface area contributed by atoms with Gasteiger partial charge in [0, 0.05) is 17.0 Å². The first kappa shape index (κ1) is 19.5. The molecule has 1 amide bonds. The highest BCUT2D eigenvalue weighted by molar-refractivity contribution is 6.30. The molecule has 5 nitrogen and oxygen atoms in total. The number of carbonyl (C=O) groups is 1. The van der Waals surface area contributed by atoms with Gasteiger partial charge >= 0.3 is 0 Å². The molecule has 0 saturated heterocycles. The van der Waals surface area contributed by atoms with Gasteiger partial charge in [0.2, 0.25) is 0 Å². The Morgan fingerprint density at radius 2 is 1.78 bits per heavy atom. The maximum Gasteiger partial charge on any atom is 0.275 e. The van der Waals surface area contributed by atoms with Crippen molar-refractivity contribution in [2.24, 2.45) is 0 Å². The zero-order valence-electron chi connectivity index (χ0n) is 16.0. The van der Waals surface area contributed by atoms with Gasteiger partial charge < -0.3 is 19.7 Å². The van der Waals surface area contributed by atoms with Crippen LogP contribution >= 0.6 is 11.6 Å². The molecule has 1 heterocycles. The Morgan fingerprint density at radius 3 is 2.41 bits per heavy atom. The zero-order chi connectivity index (χ0) is 19.4. The van der Waals surface area contributed by atoms with Crippen molar-refractivity contribution in [2.75, 3.05) is 27.3 Å². The van der Waals surface area contributed by atoms with E-state index in [1.807, 2.05) is 43.3 Å². The molecule has 1 aliphatic heterocycles. The first-order valence-electron chi connectivity index (χ1n) is 9.12. The minimum Gasteiger partial charge on any atom is -0.493 e. The number of halogens is 1. The first-order valence-corrected chi connectivity index (χ1v) is 9.50. The van der Waals surface area contributed by atoms with Gasteiger partial charge in [-0.15, -0.1) is 0 Å². The molecular formula is C21H26ClN2O3+. The Labute approximate surface area is 165 Å². The van der Waals surface area contributed by atoms with Gasteiger partial charge in [0.25, 0.3) is 5.91 Å². The lowest BCUT2D eigenvalue weighted by Crippen LogP contribution is -3.12. The van der Waals surface area contributed by atoms with Gasteiger partial charge in [-0.3, -0.25) is 4.79 Å². The fraction of sp³-hybridized carbons (Fsp3) is 0.381. The summed E-state index contributed by atoms with van der Waals surface area (Å²) in [7, 11) is 3.29. The van der Waals surface area contributed by atoms with E-state index in [1.54, 1.807) is 14.2 Å². The maximum atomic E-state index is 12.5. The van der Waals surface area contributed by atoms with Crippen LogP contribution in [0.2, 0.25) is 5.02 Å². The van der Waals surface area contributed by atoms with Crippen molar-refractivity contribution < 1.29 is 19.2 Å². The van der Waals surface area contributed by atoms with Gasteiger partial charge in [-0.1, -0.05) is 23.7 Å². The zero-order valence-corrected chi connectivity index (χ0v) is 16.7. The van der Waals surface area contributed by atoms with Crippen LogP contribution < -0.4 is 19.7 Å². The molecule has 0 fully saturated rings. The third-order valence-corrected chi connectivity index (χ3v) is 5.30. The lowest BCUT2D eigenvalue weighted by Gasteiger charge is -2.27. The number of hydrogen-bond acceptors (Lipinski definition) is 3. The van der Waals surface area contributed by atoms with Crippen LogP contribution in [-0.4, -0.2) is 33.2 Å². The number of amides is 1. The molecule has 0 saturated carbocycles. The molecule has 1 aliphatic rings. The van der Waals surface area contributed by atoms with Crippen molar-refractivity contribution in [1.82, 2.24) is 5.32 Å². The van der Waals surface area contributed by atoms with Crippen molar-refractivity contribution in [3.05, 3.63) is 58.1 Å². The highest BCUT2D eigenvalue weighted by Gasteiger charge is 2.24. The Kier molecular flexibility index (Phi) is 6.24. The van der Waals surface area contributed by atoms with Gasteiger partial charge in [0.1, 0.15) is 6.54 Å². The molecule has 6 heteroatoms. The van der Waals surface area contributed by atoms with Crippen molar-refractivity contribution >= 4 is 17.5 Å². The van der Waals surface area contributed by atoms with Crippen molar-refractivity contribution in [1.29, 1.82) is 0 Å². The summed E-state index contributed by atoms with van der Waals surface area (Å²) in [5, 5.41) is 3.78. The summed E-state index contributed by atoms with van der Waals surface area (Å²) >= 11 is 5.93. The summed E-state index contributed by atoms with van der Waals surface area (Å²) < 4.78 is 10.8. The van der Waals surface area contributed by atoms with Crippen LogP contribution in [0.5, 0.6) is 11.5 Å². The molecule has 2 N–H and O–H groups in total. The third-order valence-electron chi connectivity index (χ3n) is 5.05. The van der Waals surface area contributed by atoms with Crippen LogP contribution in [0.1, 0.15) is 29.7 Å². The molecule has 0 aliphatic carbocycles. The predicted molar refractivity (Wildman–Crippen MR) is 106 cm³/mol. The number of rotatable bonds is 6. The molecule has 2 aromatic rings. The SMILES string of the molecule is COc1cc2c(cc1OC)C[NH+](CC(=O)N[C@@H](C)c1ccc(Cl)cc1)CC2. The highest BCUT2D eigenvalue weighted by Crippen LogP contribution is 2.31. The highest BCUT2D eigenvalue weighted by atomic mass is 35.5. The molecule has 1 unspecified atom stereocenters. The monoisotopic (exact) mass is 389 g/mol. The number of ether oxygens (including phenoxy) is 2. The molecule has 0 spiro atoms. The average Bonchev–Trinajstić information content (AvgIpc) is 2.67. The van der Waals surface area contributed by atoms with E-state index in [1.165, 1.54) is 16.0 Å². The summed E-state index contributed by atoms with van der Waals surface area (Å²) in [5.41, 5.74) is 3.53. The number of fused-ring (bicyclic) bond motifs is 1. The van der Waals surface area contributed by atoms with Crippen LogP contribution in [0.15, 0.2) is 36.4 Å². The van der Waals surface area contributed by atoms with E-state index in [0.29, 0.717) is 11.6 Å². The molecule has 0 aromatic heterocycles.